The summed E-state index contributed by atoms with van der Waals surface area (Å²) < 4.78 is 1.59. The summed E-state index contributed by atoms with van der Waals surface area (Å²) in [4.78, 5) is 4.31. The first kappa shape index (κ1) is 9.65. The molecule has 2 heterocycles. The largest absolute Gasteiger partial charge is 0.507 e. The lowest BCUT2D eigenvalue weighted by atomic mass is 10.2. The van der Waals surface area contributed by atoms with Crippen molar-refractivity contribution in [3.05, 3.63) is 42.6 Å². The van der Waals surface area contributed by atoms with Gasteiger partial charge in [0.15, 0.2) is 11.5 Å². The fourth-order valence-corrected chi connectivity index (χ4v) is 1.70. The number of anilines is 1. The lowest BCUT2D eigenvalue weighted by Gasteiger charge is -1.97. The maximum atomic E-state index is 9.74. The summed E-state index contributed by atoms with van der Waals surface area (Å²) in [6, 6.07) is 10.5. The number of nitrogen functional groups attached to an aromatic ring is 1. The van der Waals surface area contributed by atoms with Crippen molar-refractivity contribution >= 4 is 11.3 Å². The van der Waals surface area contributed by atoms with Crippen molar-refractivity contribution in [2.24, 2.45) is 0 Å². The summed E-state index contributed by atoms with van der Waals surface area (Å²) in [6.07, 6.45) is 1.77. The van der Waals surface area contributed by atoms with Gasteiger partial charge in [-0.3, -0.25) is 0 Å². The Morgan fingerprint density at radius 3 is 2.71 bits per heavy atom. The molecule has 0 unspecified atom stereocenters. The number of nitrogens with zero attached hydrogens (tertiary/aromatic N) is 3. The molecule has 0 spiro atoms. The Hall–Kier alpha value is -2.56. The first-order chi connectivity index (χ1) is 8.25. The van der Waals surface area contributed by atoms with E-state index in [9.17, 15) is 5.11 Å². The Morgan fingerprint density at radius 1 is 1.12 bits per heavy atom. The molecule has 0 aliphatic heterocycles. The van der Waals surface area contributed by atoms with Gasteiger partial charge in [0.25, 0.3) is 0 Å². The third-order valence-electron chi connectivity index (χ3n) is 2.54. The van der Waals surface area contributed by atoms with Crippen molar-refractivity contribution < 1.29 is 5.11 Å². The summed E-state index contributed by atoms with van der Waals surface area (Å²) in [6.45, 7) is 0. The van der Waals surface area contributed by atoms with Crippen LogP contribution in [0, 0.1) is 0 Å². The van der Waals surface area contributed by atoms with Crippen LogP contribution in [0.25, 0.3) is 17.0 Å². The summed E-state index contributed by atoms with van der Waals surface area (Å²) in [5.74, 6) is 0.614. The van der Waals surface area contributed by atoms with Crippen LogP contribution in [0.1, 0.15) is 0 Å². The minimum absolute atomic E-state index is 0.155. The second kappa shape index (κ2) is 3.48. The zero-order valence-electron chi connectivity index (χ0n) is 8.91. The lowest BCUT2D eigenvalue weighted by molar-refractivity contribution is 0.477. The fourth-order valence-electron chi connectivity index (χ4n) is 1.70. The van der Waals surface area contributed by atoms with E-state index in [0.29, 0.717) is 22.7 Å². The van der Waals surface area contributed by atoms with E-state index in [2.05, 4.69) is 10.1 Å². The van der Waals surface area contributed by atoms with Gasteiger partial charge in [-0.05, 0) is 24.3 Å². The van der Waals surface area contributed by atoms with E-state index in [0.717, 1.165) is 0 Å². The number of aromatic hydroxyl groups is 1. The highest BCUT2D eigenvalue weighted by Crippen LogP contribution is 2.26. The second-order valence-corrected chi connectivity index (χ2v) is 3.68. The van der Waals surface area contributed by atoms with Crippen LogP contribution in [-0.2, 0) is 0 Å². The number of rotatable bonds is 1. The van der Waals surface area contributed by atoms with Crippen LogP contribution in [0.15, 0.2) is 42.6 Å². The molecule has 84 valence electrons. The predicted octanol–water partition coefficient (Wildman–Crippen LogP) is 1.68. The molecule has 0 amide bonds. The van der Waals surface area contributed by atoms with Gasteiger partial charge in [-0.2, -0.15) is 0 Å². The van der Waals surface area contributed by atoms with Crippen molar-refractivity contribution in [1.29, 1.82) is 0 Å². The van der Waals surface area contributed by atoms with Crippen LogP contribution >= 0.6 is 0 Å². The quantitative estimate of drug-likeness (QED) is 0.662. The van der Waals surface area contributed by atoms with Gasteiger partial charge in [-0.15, -0.1) is 5.10 Å². The number of phenolic OH excluding ortho intramolecular Hbond substituents is 1. The fraction of sp³-hybridized carbons (Fsp3) is 0. The average molecular weight is 226 g/mol. The van der Waals surface area contributed by atoms with E-state index in [1.165, 1.54) is 0 Å². The number of fused-ring (bicyclic) bond motifs is 1. The molecule has 0 radical (unpaired) electrons. The highest BCUT2D eigenvalue weighted by molar-refractivity contribution is 5.70. The van der Waals surface area contributed by atoms with Crippen LogP contribution in [-0.4, -0.2) is 19.7 Å². The van der Waals surface area contributed by atoms with Crippen molar-refractivity contribution in [3.8, 4) is 17.1 Å². The monoisotopic (exact) mass is 226 g/mol. The molecular formula is C12H10N4O. The van der Waals surface area contributed by atoms with E-state index in [1.807, 2.05) is 6.07 Å². The van der Waals surface area contributed by atoms with Crippen LogP contribution in [0.3, 0.4) is 0 Å². The molecule has 17 heavy (non-hydrogen) atoms. The third kappa shape index (κ3) is 1.48. The Morgan fingerprint density at radius 2 is 1.94 bits per heavy atom. The number of benzene rings is 1. The van der Waals surface area contributed by atoms with Crippen molar-refractivity contribution in [2.75, 3.05) is 5.73 Å². The number of nitrogens with two attached hydrogens (primary N) is 1. The van der Waals surface area contributed by atoms with Crippen LogP contribution < -0.4 is 5.73 Å². The zero-order chi connectivity index (χ0) is 11.8. The van der Waals surface area contributed by atoms with Crippen molar-refractivity contribution in [3.63, 3.8) is 0 Å². The molecule has 3 aromatic rings. The number of para-hydroxylation sites is 1. The Balaban J connectivity index is 2.26. The zero-order valence-corrected chi connectivity index (χ0v) is 8.91. The van der Waals surface area contributed by atoms with Crippen LogP contribution in [0.5, 0.6) is 5.75 Å². The standard InChI is InChI=1S/C12H10N4O/c13-9-5-3-7-16-12(9)14-11(15-16)8-4-1-2-6-10(8)17/h1-7,17H,13H2. The molecule has 0 aliphatic rings. The van der Waals surface area contributed by atoms with Gasteiger partial charge in [-0.25, -0.2) is 9.50 Å². The Labute approximate surface area is 97.1 Å². The molecule has 3 N–H and O–H groups in total. The second-order valence-electron chi connectivity index (χ2n) is 3.68. The Bertz CT molecular complexity index is 690. The smallest absolute Gasteiger partial charge is 0.185 e. The molecule has 3 rings (SSSR count). The molecule has 0 aliphatic carbocycles. The third-order valence-corrected chi connectivity index (χ3v) is 2.54. The van der Waals surface area contributed by atoms with Gasteiger partial charge in [0, 0.05) is 6.20 Å². The normalized spacial score (nSPS) is 10.8. The first-order valence-electron chi connectivity index (χ1n) is 5.15. The molecule has 0 saturated carbocycles. The van der Waals surface area contributed by atoms with Crippen molar-refractivity contribution in [2.45, 2.75) is 0 Å². The first-order valence-corrected chi connectivity index (χ1v) is 5.15. The maximum absolute atomic E-state index is 9.74. The van der Waals surface area contributed by atoms with Crippen molar-refractivity contribution in [1.82, 2.24) is 14.6 Å². The average Bonchev–Trinajstić information content (AvgIpc) is 2.75. The van der Waals surface area contributed by atoms with E-state index in [1.54, 1.807) is 41.0 Å². The maximum Gasteiger partial charge on any atom is 0.185 e. The topological polar surface area (TPSA) is 76.4 Å². The van der Waals surface area contributed by atoms with E-state index >= 15 is 0 Å². The molecule has 5 heteroatoms. The molecule has 0 atom stereocenters. The number of phenols is 1. The molecule has 0 fully saturated rings. The number of hydrogen-bond donors (Lipinski definition) is 2. The van der Waals surface area contributed by atoms with E-state index < -0.39 is 0 Å². The van der Waals surface area contributed by atoms with E-state index in [4.69, 9.17) is 5.73 Å². The van der Waals surface area contributed by atoms with Gasteiger partial charge in [-0.1, -0.05) is 12.1 Å². The van der Waals surface area contributed by atoms with Gasteiger partial charge in [0.2, 0.25) is 0 Å². The van der Waals surface area contributed by atoms with Crippen LogP contribution in [0.4, 0.5) is 5.69 Å². The number of aromatic nitrogens is 3. The van der Waals surface area contributed by atoms with Gasteiger partial charge in [0.1, 0.15) is 5.75 Å². The highest BCUT2D eigenvalue weighted by atomic mass is 16.3. The SMILES string of the molecule is Nc1cccn2nc(-c3ccccc3O)nc12. The van der Waals surface area contributed by atoms with Gasteiger partial charge >= 0.3 is 0 Å². The summed E-state index contributed by atoms with van der Waals surface area (Å²) in [5.41, 5.74) is 7.54. The number of hydrogen-bond acceptors (Lipinski definition) is 4. The number of pyridine rings is 1. The molecule has 0 bridgehead atoms. The summed E-state index contributed by atoms with van der Waals surface area (Å²) in [5, 5.41) is 14.0. The summed E-state index contributed by atoms with van der Waals surface area (Å²) in [7, 11) is 0. The van der Waals surface area contributed by atoms with Gasteiger partial charge < -0.3 is 10.8 Å². The molecule has 0 saturated heterocycles. The predicted molar refractivity (Wildman–Crippen MR) is 64.5 cm³/mol. The highest BCUT2D eigenvalue weighted by Gasteiger charge is 2.10. The summed E-state index contributed by atoms with van der Waals surface area (Å²) >= 11 is 0. The minimum atomic E-state index is 0.155. The molecule has 5 nitrogen and oxygen atoms in total. The molecule has 1 aromatic carbocycles. The lowest BCUT2D eigenvalue weighted by Crippen LogP contribution is -1.92. The Kier molecular flexibility index (Phi) is 1.98. The van der Waals surface area contributed by atoms with E-state index in [-0.39, 0.29) is 5.75 Å². The minimum Gasteiger partial charge on any atom is -0.507 e. The molecular weight excluding hydrogens is 216 g/mol. The molecule has 2 aromatic heterocycles. The van der Waals surface area contributed by atoms with Gasteiger partial charge in [0.05, 0.1) is 11.3 Å². The van der Waals surface area contributed by atoms with Crippen LogP contribution in [0.2, 0.25) is 0 Å².